The quantitative estimate of drug-likeness (QED) is 0.730. The van der Waals surface area contributed by atoms with Crippen LogP contribution in [0.25, 0.3) is 11.0 Å². The van der Waals surface area contributed by atoms with Crippen LogP contribution in [0.3, 0.4) is 0 Å². The van der Waals surface area contributed by atoms with Crippen LogP contribution in [0.1, 0.15) is 12.8 Å². The normalized spacial score (nSPS) is 9.41. The SMILES string of the molecule is O=C(O)CCC(=O)O.c1ccc2[nH]nnc2c1. The molecule has 0 atom stereocenters. The number of H-pyrrole nitrogens is 1. The number of carboxylic acid groups (broad SMARTS) is 2. The van der Waals surface area contributed by atoms with Crippen LogP contribution in [0.15, 0.2) is 24.3 Å². The average Bonchev–Trinajstić information content (AvgIpc) is 2.75. The number of aromatic nitrogens is 3. The topological polar surface area (TPSA) is 116 Å². The maximum absolute atomic E-state index is 9.64. The largest absolute Gasteiger partial charge is 0.481 e. The van der Waals surface area contributed by atoms with E-state index in [4.69, 9.17) is 10.2 Å². The molecule has 0 amide bonds. The number of hydrogen-bond donors (Lipinski definition) is 3. The zero-order chi connectivity index (χ0) is 12.7. The van der Waals surface area contributed by atoms with Crippen molar-refractivity contribution in [1.29, 1.82) is 0 Å². The molecule has 1 heterocycles. The first-order valence-corrected chi connectivity index (χ1v) is 4.79. The maximum Gasteiger partial charge on any atom is 0.303 e. The highest BCUT2D eigenvalue weighted by Crippen LogP contribution is 2.03. The Morgan fingerprint density at radius 3 is 2.24 bits per heavy atom. The molecule has 1 aromatic heterocycles. The minimum Gasteiger partial charge on any atom is -0.481 e. The van der Waals surface area contributed by atoms with E-state index in [1.165, 1.54) is 0 Å². The fourth-order valence-corrected chi connectivity index (χ4v) is 1.00. The van der Waals surface area contributed by atoms with Gasteiger partial charge in [-0.2, -0.15) is 0 Å². The second kappa shape index (κ2) is 6.21. The molecule has 0 aliphatic carbocycles. The third-order valence-electron chi connectivity index (χ3n) is 1.78. The second-order valence-corrected chi connectivity index (χ2v) is 3.12. The molecule has 90 valence electrons. The molecule has 3 N–H and O–H groups in total. The van der Waals surface area contributed by atoms with Gasteiger partial charge in [-0.25, -0.2) is 0 Å². The Morgan fingerprint density at radius 1 is 1.12 bits per heavy atom. The summed E-state index contributed by atoms with van der Waals surface area (Å²) in [7, 11) is 0. The van der Waals surface area contributed by atoms with Crippen molar-refractivity contribution in [3.63, 3.8) is 0 Å². The summed E-state index contributed by atoms with van der Waals surface area (Å²) in [6.45, 7) is 0. The highest BCUT2D eigenvalue weighted by molar-refractivity contribution is 5.75. The number of carbonyl (C=O) groups is 2. The average molecular weight is 237 g/mol. The molecule has 0 spiro atoms. The number of carboxylic acids is 2. The lowest BCUT2D eigenvalue weighted by molar-refractivity contribution is -0.143. The van der Waals surface area contributed by atoms with Gasteiger partial charge in [-0.05, 0) is 12.1 Å². The first-order valence-electron chi connectivity index (χ1n) is 4.79. The van der Waals surface area contributed by atoms with E-state index in [0.29, 0.717) is 0 Å². The van der Waals surface area contributed by atoms with Crippen molar-refractivity contribution >= 4 is 23.0 Å². The summed E-state index contributed by atoms with van der Waals surface area (Å²) in [6.07, 6.45) is -0.593. The number of para-hydroxylation sites is 1. The third kappa shape index (κ3) is 4.74. The molecule has 0 aliphatic rings. The van der Waals surface area contributed by atoms with Gasteiger partial charge in [-0.15, -0.1) is 5.10 Å². The van der Waals surface area contributed by atoms with Gasteiger partial charge in [-0.1, -0.05) is 17.3 Å². The minimum absolute atomic E-state index is 0.296. The Labute approximate surface area is 96.1 Å². The van der Waals surface area contributed by atoms with Crippen molar-refractivity contribution in [2.75, 3.05) is 0 Å². The predicted octanol–water partition coefficient (Wildman–Crippen LogP) is 0.894. The van der Waals surface area contributed by atoms with E-state index < -0.39 is 11.9 Å². The van der Waals surface area contributed by atoms with Crippen LogP contribution < -0.4 is 0 Å². The predicted molar refractivity (Wildman–Crippen MR) is 58.4 cm³/mol. The van der Waals surface area contributed by atoms with Crippen LogP contribution in [0.2, 0.25) is 0 Å². The van der Waals surface area contributed by atoms with E-state index in [9.17, 15) is 9.59 Å². The molecule has 2 rings (SSSR count). The first-order chi connectivity index (χ1) is 8.09. The number of hydrogen-bond acceptors (Lipinski definition) is 4. The maximum atomic E-state index is 9.64. The van der Waals surface area contributed by atoms with Gasteiger partial charge in [0, 0.05) is 0 Å². The van der Waals surface area contributed by atoms with E-state index in [-0.39, 0.29) is 12.8 Å². The number of benzene rings is 1. The van der Waals surface area contributed by atoms with Gasteiger partial charge in [0.05, 0.1) is 18.4 Å². The Balaban J connectivity index is 0.000000172. The third-order valence-corrected chi connectivity index (χ3v) is 1.78. The van der Waals surface area contributed by atoms with Crippen LogP contribution in [-0.4, -0.2) is 37.6 Å². The van der Waals surface area contributed by atoms with Gasteiger partial charge in [0.25, 0.3) is 0 Å². The summed E-state index contributed by atoms with van der Waals surface area (Å²) in [6, 6.07) is 7.74. The van der Waals surface area contributed by atoms with Crippen LogP contribution in [0.4, 0.5) is 0 Å². The standard InChI is InChI=1S/C6H5N3.C4H6O4/c1-2-4-6-5(3-1)7-9-8-6;5-3(6)1-2-4(7)8/h1-4H,(H,7,8,9);1-2H2,(H,5,6)(H,7,8). The molecule has 1 aromatic carbocycles. The van der Waals surface area contributed by atoms with E-state index in [2.05, 4.69) is 15.4 Å². The van der Waals surface area contributed by atoms with Crippen LogP contribution in [0, 0.1) is 0 Å². The zero-order valence-corrected chi connectivity index (χ0v) is 8.83. The first kappa shape index (κ1) is 12.6. The van der Waals surface area contributed by atoms with Gasteiger partial charge in [0.15, 0.2) is 0 Å². The molecule has 7 heteroatoms. The molecule has 0 radical (unpaired) electrons. The number of aliphatic carboxylic acids is 2. The smallest absolute Gasteiger partial charge is 0.303 e. The lowest BCUT2D eigenvalue weighted by Crippen LogP contribution is -2.00. The van der Waals surface area contributed by atoms with E-state index in [1.54, 1.807) is 0 Å². The van der Waals surface area contributed by atoms with E-state index in [1.807, 2.05) is 24.3 Å². The van der Waals surface area contributed by atoms with Gasteiger partial charge in [0.1, 0.15) is 5.52 Å². The molecule has 0 bridgehead atoms. The van der Waals surface area contributed by atoms with Crippen molar-refractivity contribution in [3.8, 4) is 0 Å². The minimum atomic E-state index is -1.08. The van der Waals surface area contributed by atoms with Crippen molar-refractivity contribution in [1.82, 2.24) is 15.4 Å². The van der Waals surface area contributed by atoms with Crippen LogP contribution >= 0.6 is 0 Å². The Bertz CT molecular complexity index is 465. The molecule has 0 aliphatic heterocycles. The number of rotatable bonds is 3. The summed E-state index contributed by atoms with van der Waals surface area (Å²) in [5.74, 6) is -2.15. The molecular weight excluding hydrogens is 226 g/mol. The molecule has 7 nitrogen and oxygen atoms in total. The fourth-order valence-electron chi connectivity index (χ4n) is 1.00. The van der Waals surface area contributed by atoms with Crippen molar-refractivity contribution in [3.05, 3.63) is 24.3 Å². The Hall–Kier alpha value is -2.44. The van der Waals surface area contributed by atoms with Crippen LogP contribution in [-0.2, 0) is 9.59 Å². The monoisotopic (exact) mass is 237 g/mol. The molecular formula is C10H11N3O4. The van der Waals surface area contributed by atoms with Crippen molar-refractivity contribution in [2.24, 2.45) is 0 Å². The summed E-state index contributed by atoms with van der Waals surface area (Å²) in [5.41, 5.74) is 1.90. The number of nitrogens with one attached hydrogen (secondary N) is 1. The van der Waals surface area contributed by atoms with Crippen molar-refractivity contribution < 1.29 is 19.8 Å². The molecule has 17 heavy (non-hydrogen) atoms. The molecule has 2 aromatic rings. The lowest BCUT2D eigenvalue weighted by atomic mass is 10.3. The highest BCUT2D eigenvalue weighted by Gasteiger charge is 2.00. The number of nitrogens with zero attached hydrogens (tertiary/aromatic N) is 2. The fraction of sp³-hybridized carbons (Fsp3) is 0.200. The lowest BCUT2D eigenvalue weighted by Gasteiger charge is -1.85. The zero-order valence-electron chi connectivity index (χ0n) is 8.83. The van der Waals surface area contributed by atoms with Gasteiger partial charge in [-0.3, -0.25) is 14.7 Å². The van der Waals surface area contributed by atoms with E-state index >= 15 is 0 Å². The summed E-state index contributed by atoms with van der Waals surface area (Å²) in [4.78, 5) is 19.3. The van der Waals surface area contributed by atoms with E-state index in [0.717, 1.165) is 11.0 Å². The van der Waals surface area contributed by atoms with Gasteiger partial charge < -0.3 is 10.2 Å². The van der Waals surface area contributed by atoms with Crippen LogP contribution in [0.5, 0.6) is 0 Å². The summed E-state index contributed by atoms with van der Waals surface area (Å²) in [5, 5.41) is 26.0. The summed E-state index contributed by atoms with van der Waals surface area (Å²) >= 11 is 0. The highest BCUT2D eigenvalue weighted by atomic mass is 16.4. The van der Waals surface area contributed by atoms with Gasteiger partial charge >= 0.3 is 11.9 Å². The molecule has 0 unspecified atom stereocenters. The Kier molecular flexibility index (Phi) is 4.61. The molecule has 0 saturated carbocycles. The van der Waals surface area contributed by atoms with Gasteiger partial charge in [0.2, 0.25) is 0 Å². The number of fused-ring (bicyclic) bond motifs is 1. The Morgan fingerprint density at radius 2 is 1.71 bits per heavy atom. The molecule has 0 saturated heterocycles. The number of aromatic amines is 1. The summed E-state index contributed by atoms with van der Waals surface area (Å²) < 4.78 is 0. The van der Waals surface area contributed by atoms with Crippen molar-refractivity contribution in [2.45, 2.75) is 12.8 Å². The second-order valence-electron chi connectivity index (χ2n) is 3.12. The molecule has 0 fully saturated rings.